The lowest BCUT2D eigenvalue weighted by molar-refractivity contribution is -0.152. The number of carbonyl (C=O) groups is 2. The van der Waals surface area contributed by atoms with Crippen LogP contribution in [0.2, 0.25) is 0 Å². The quantitative estimate of drug-likeness (QED) is 0.761. The average Bonchev–Trinajstić information content (AvgIpc) is 3.00. The molecule has 2 amide bonds. The summed E-state index contributed by atoms with van der Waals surface area (Å²) in [4.78, 5) is 32.3. The van der Waals surface area contributed by atoms with Crippen LogP contribution in [0.1, 0.15) is 32.0 Å². The molecule has 21 heavy (non-hydrogen) atoms. The fourth-order valence-corrected chi connectivity index (χ4v) is 2.75. The van der Waals surface area contributed by atoms with Crippen molar-refractivity contribution in [1.82, 2.24) is 20.2 Å². The molecule has 1 aromatic heterocycles. The van der Waals surface area contributed by atoms with E-state index in [2.05, 4.69) is 15.3 Å². The minimum Gasteiger partial charge on any atom is -0.481 e. The van der Waals surface area contributed by atoms with Gasteiger partial charge in [-0.05, 0) is 19.3 Å². The number of nitrogens with one attached hydrogen (secondary N) is 2. The predicted octanol–water partition coefficient (Wildman–Crippen LogP) is 1.24. The van der Waals surface area contributed by atoms with Gasteiger partial charge < -0.3 is 20.3 Å². The summed E-state index contributed by atoms with van der Waals surface area (Å²) in [5, 5.41) is 12.2. The van der Waals surface area contributed by atoms with E-state index in [-0.39, 0.29) is 12.6 Å². The molecule has 1 unspecified atom stereocenters. The van der Waals surface area contributed by atoms with Crippen molar-refractivity contribution >= 4 is 12.0 Å². The molecule has 0 saturated carbocycles. The highest BCUT2D eigenvalue weighted by molar-refractivity contribution is 5.78. The summed E-state index contributed by atoms with van der Waals surface area (Å²) in [6.45, 7) is 3.24. The number of aromatic amines is 1. The van der Waals surface area contributed by atoms with Gasteiger partial charge in [0, 0.05) is 38.4 Å². The van der Waals surface area contributed by atoms with Crippen LogP contribution in [0.4, 0.5) is 4.79 Å². The topological polar surface area (TPSA) is 98.3 Å². The molecular weight excluding hydrogens is 272 g/mol. The van der Waals surface area contributed by atoms with Crippen molar-refractivity contribution in [2.75, 3.05) is 19.6 Å². The van der Waals surface area contributed by atoms with Gasteiger partial charge in [0.15, 0.2) is 0 Å². The van der Waals surface area contributed by atoms with Crippen LogP contribution >= 0.6 is 0 Å². The van der Waals surface area contributed by atoms with Crippen LogP contribution in [0.5, 0.6) is 0 Å². The van der Waals surface area contributed by atoms with E-state index >= 15 is 0 Å². The first-order valence-corrected chi connectivity index (χ1v) is 7.32. The number of H-pyrrole nitrogens is 1. The van der Waals surface area contributed by atoms with Crippen LogP contribution in [0.25, 0.3) is 0 Å². The molecule has 7 nitrogen and oxygen atoms in total. The number of rotatable bonds is 5. The standard InChI is InChI=1S/C14H22N4O3/c1-2-14(12(19)20)5-3-9-18(10-14)13(21)17-6-4-11-15-7-8-16-11/h7-8H,2-6,9-10H2,1H3,(H,15,16)(H,17,21)(H,19,20). The van der Waals surface area contributed by atoms with Gasteiger partial charge in [-0.25, -0.2) is 9.78 Å². The van der Waals surface area contributed by atoms with Gasteiger partial charge in [-0.1, -0.05) is 6.92 Å². The minimum absolute atomic E-state index is 0.194. The second-order valence-corrected chi connectivity index (χ2v) is 5.48. The third kappa shape index (κ3) is 3.53. The van der Waals surface area contributed by atoms with Crippen molar-refractivity contribution in [3.63, 3.8) is 0 Å². The molecular formula is C14H22N4O3. The molecule has 2 rings (SSSR count). The molecule has 1 aliphatic rings. The van der Waals surface area contributed by atoms with Crippen LogP contribution in [0.3, 0.4) is 0 Å². The molecule has 116 valence electrons. The molecule has 0 aromatic carbocycles. The normalized spacial score (nSPS) is 22.0. The van der Waals surface area contributed by atoms with Crippen molar-refractivity contribution in [1.29, 1.82) is 0 Å². The van der Waals surface area contributed by atoms with E-state index in [0.717, 1.165) is 12.2 Å². The maximum atomic E-state index is 12.1. The van der Waals surface area contributed by atoms with Crippen LogP contribution < -0.4 is 5.32 Å². The van der Waals surface area contributed by atoms with E-state index in [1.807, 2.05) is 6.92 Å². The lowest BCUT2D eigenvalue weighted by atomic mass is 9.78. The Hall–Kier alpha value is -2.05. The largest absolute Gasteiger partial charge is 0.481 e. The SMILES string of the molecule is CCC1(C(=O)O)CCCN(C(=O)NCCc2ncc[nH]2)C1. The van der Waals surface area contributed by atoms with Gasteiger partial charge in [-0.2, -0.15) is 0 Å². The maximum absolute atomic E-state index is 12.1. The van der Waals surface area contributed by atoms with E-state index in [9.17, 15) is 14.7 Å². The molecule has 1 fully saturated rings. The first-order valence-electron chi connectivity index (χ1n) is 7.32. The molecule has 7 heteroatoms. The van der Waals surface area contributed by atoms with Crippen molar-refractivity contribution in [2.24, 2.45) is 5.41 Å². The second-order valence-electron chi connectivity index (χ2n) is 5.48. The molecule has 1 aromatic rings. The zero-order valence-electron chi connectivity index (χ0n) is 12.3. The summed E-state index contributed by atoms with van der Waals surface area (Å²) in [6.07, 6.45) is 5.94. The number of carboxylic acids is 1. The number of aliphatic carboxylic acids is 1. The third-order valence-electron chi connectivity index (χ3n) is 4.19. The Morgan fingerprint density at radius 3 is 3.00 bits per heavy atom. The predicted molar refractivity (Wildman–Crippen MR) is 76.9 cm³/mol. The number of carboxylic acid groups (broad SMARTS) is 1. The highest BCUT2D eigenvalue weighted by atomic mass is 16.4. The van der Waals surface area contributed by atoms with E-state index in [1.54, 1.807) is 17.3 Å². The minimum atomic E-state index is -0.807. The van der Waals surface area contributed by atoms with Crippen molar-refractivity contribution < 1.29 is 14.7 Å². The van der Waals surface area contributed by atoms with Crippen LogP contribution in [-0.4, -0.2) is 51.6 Å². The molecule has 0 radical (unpaired) electrons. The van der Waals surface area contributed by atoms with Gasteiger partial charge in [0.1, 0.15) is 5.82 Å². The van der Waals surface area contributed by atoms with E-state index < -0.39 is 11.4 Å². The number of aromatic nitrogens is 2. The summed E-state index contributed by atoms with van der Waals surface area (Å²) < 4.78 is 0. The van der Waals surface area contributed by atoms with Gasteiger partial charge in [-0.15, -0.1) is 0 Å². The third-order valence-corrected chi connectivity index (χ3v) is 4.19. The Morgan fingerprint density at radius 2 is 2.38 bits per heavy atom. The van der Waals surface area contributed by atoms with Crippen molar-refractivity contribution in [2.45, 2.75) is 32.6 Å². The van der Waals surface area contributed by atoms with Gasteiger partial charge in [0.05, 0.1) is 5.41 Å². The van der Waals surface area contributed by atoms with Crippen LogP contribution in [0.15, 0.2) is 12.4 Å². The fourth-order valence-electron chi connectivity index (χ4n) is 2.75. The Labute approximate surface area is 123 Å². The van der Waals surface area contributed by atoms with Gasteiger partial charge in [-0.3, -0.25) is 4.79 Å². The number of imidazole rings is 1. The molecule has 1 atom stereocenters. The number of amides is 2. The second kappa shape index (κ2) is 6.60. The average molecular weight is 294 g/mol. The number of carbonyl (C=O) groups excluding carboxylic acids is 1. The molecule has 0 bridgehead atoms. The van der Waals surface area contributed by atoms with Crippen LogP contribution in [0, 0.1) is 5.41 Å². The molecule has 2 heterocycles. The summed E-state index contributed by atoms with van der Waals surface area (Å²) >= 11 is 0. The zero-order valence-corrected chi connectivity index (χ0v) is 12.3. The van der Waals surface area contributed by atoms with Gasteiger partial charge >= 0.3 is 12.0 Å². The lowest BCUT2D eigenvalue weighted by Crippen LogP contribution is -2.52. The van der Waals surface area contributed by atoms with E-state index in [4.69, 9.17) is 0 Å². The Bertz CT molecular complexity index is 488. The van der Waals surface area contributed by atoms with Gasteiger partial charge in [0.2, 0.25) is 0 Å². The Morgan fingerprint density at radius 1 is 1.57 bits per heavy atom. The summed E-state index contributed by atoms with van der Waals surface area (Å²) in [6, 6.07) is -0.194. The number of likely N-dealkylation sites (tertiary alicyclic amines) is 1. The fraction of sp³-hybridized carbons (Fsp3) is 0.643. The first kappa shape index (κ1) is 15.3. The van der Waals surface area contributed by atoms with Crippen molar-refractivity contribution in [3.8, 4) is 0 Å². The zero-order chi connectivity index (χ0) is 15.3. The molecule has 3 N–H and O–H groups in total. The summed E-state index contributed by atoms with van der Waals surface area (Å²) in [5.74, 6) is 0.0143. The number of hydrogen-bond donors (Lipinski definition) is 3. The first-order chi connectivity index (χ1) is 10.1. The number of urea groups is 1. The number of hydrogen-bond acceptors (Lipinski definition) is 3. The molecule has 1 aliphatic heterocycles. The Kier molecular flexibility index (Phi) is 4.82. The molecule has 0 spiro atoms. The molecule has 0 aliphatic carbocycles. The number of nitrogens with zero attached hydrogens (tertiary/aromatic N) is 2. The van der Waals surface area contributed by atoms with Crippen molar-refractivity contribution in [3.05, 3.63) is 18.2 Å². The summed E-state index contributed by atoms with van der Waals surface area (Å²) in [7, 11) is 0. The van der Waals surface area contributed by atoms with Crippen LogP contribution in [-0.2, 0) is 11.2 Å². The Balaban J connectivity index is 1.85. The summed E-state index contributed by atoms with van der Waals surface area (Å²) in [5.41, 5.74) is -0.795. The lowest BCUT2D eigenvalue weighted by Gasteiger charge is -2.39. The highest BCUT2D eigenvalue weighted by Gasteiger charge is 2.42. The smallest absolute Gasteiger partial charge is 0.317 e. The highest BCUT2D eigenvalue weighted by Crippen LogP contribution is 2.33. The number of piperidine rings is 1. The molecule has 1 saturated heterocycles. The monoisotopic (exact) mass is 294 g/mol. The van der Waals surface area contributed by atoms with E-state index in [0.29, 0.717) is 32.4 Å². The van der Waals surface area contributed by atoms with Gasteiger partial charge in [0.25, 0.3) is 0 Å². The maximum Gasteiger partial charge on any atom is 0.317 e. The van der Waals surface area contributed by atoms with E-state index in [1.165, 1.54) is 0 Å².